The first kappa shape index (κ1) is 27.3. The van der Waals surface area contributed by atoms with Gasteiger partial charge in [-0.3, -0.25) is 4.79 Å². The number of ether oxygens (including phenoxy) is 1. The fraction of sp³-hybridized carbons (Fsp3) is 0.429. The standard InChI is InChI=1S/C28H34FN5O4S/c1-2-31-14-12-25(13-15-31)38-27-26(20-30-34(28(27)35)24-10-8-23(29)9-11-24)32-16-18-33(19-17-32)39(36,37)21-22-6-4-3-5-7-22/h3-11,20,25H,2,12-19,21H2,1H3. The average Bonchev–Trinajstić information content (AvgIpc) is 2.95. The lowest BCUT2D eigenvalue weighted by Crippen LogP contribution is -2.49. The van der Waals surface area contributed by atoms with Crippen LogP contribution < -0.4 is 15.2 Å². The summed E-state index contributed by atoms with van der Waals surface area (Å²) in [7, 11) is -3.48. The van der Waals surface area contributed by atoms with Crippen LogP contribution in [0.15, 0.2) is 65.6 Å². The third-order valence-corrected chi connectivity index (χ3v) is 9.27. The molecule has 0 bridgehead atoms. The zero-order valence-electron chi connectivity index (χ0n) is 22.1. The van der Waals surface area contributed by atoms with Gasteiger partial charge in [0.15, 0.2) is 0 Å². The van der Waals surface area contributed by atoms with Gasteiger partial charge >= 0.3 is 5.56 Å². The molecule has 0 amide bonds. The molecule has 2 aliphatic rings. The molecule has 0 radical (unpaired) electrons. The minimum atomic E-state index is -3.48. The topological polar surface area (TPSA) is 88.0 Å². The molecule has 11 heteroatoms. The molecular weight excluding hydrogens is 521 g/mol. The van der Waals surface area contributed by atoms with Gasteiger partial charge in [0.2, 0.25) is 15.8 Å². The van der Waals surface area contributed by atoms with Gasteiger partial charge in [0.25, 0.3) is 0 Å². The zero-order valence-corrected chi connectivity index (χ0v) is 22.9. The highest BCUT2D eigenvalue weighted by Gasteiger charge is 2.30. The number of halogens is 1. The Labute approximate surface area is 228 Å². The number of anilines is 1. The number of hydrogen-bond donors (Lipinski definition) is 0. The Bertz CT molecular complexity index is 1420. The number of hydrogen-bond acceptors (Lipinski definition) is 7. The number of benzene rings is 2. The molecule has 3 heterocycles. The summed E-state index contributed by atoms with van der Waals surface area (Å²) in [5.41, 5.74) is 1.32. The van der Waals surface area contributed by atoms with Gasteiger partial charge in [-0.25, -0.2) is 12.8 Å². The van der Waals surface area contributed by atoms with Gasteiger partial charge in [0.1, 0.15) is 17.6 Å². The van der Waals surface area contributed by atoms with E-state index in [9.17, 15) is 17.6 Å². The van der Waals surface area contributed by atoms with E-state index < -0.39 is 21.4 Å². The van der Waals surface area contributed by atoms with E-state index in [2.05, 4.69) is 16.9 Å². The van der Waals surface area contributed by atoms with E-state index in [1.807, 2.05) is 35.2 Å². The number of aromatic nitrogens is 2. The number of nitrogens with zero attached hydrogens (tertiary/aromatic N) is 5. The minimum absolute atomic E-state index is 0.0477. The summed E-state index contributed by atoms with van der Waals surface area (Å²) in [6, 6.07) is 14.7. The van der Waals surface area contributed by atoms with Crippen molar-refractivity contribution in [3.8, 4) is 11.4 Å². The Hall–Kier alpha value is -3.28. The number of rotatable bonds is 8. The molecule has 0 aliphatic carbocycles. The lowest BCUT2D eigenvalue weighted by Gasteiger charge is -2.36. The van der Waals surface area contributed by atoms with Gasteiger partial charge in [0, 0.05) is 39.3 Å². The summed E-state index contributed by atoms with van der Waals surface area (Å²) in [4.78, 5) is 18.0. The summed E-state index contributed by atoms with van der Waals surface area (Å²) < 4.78 is 48.7. The van der Waals surface area contributed by atoms with Gasteiger partial charge < -0.3 is 14.5 Å². The lowest BCUT2D eigenvalue weighted by atomic mass is 10.1. The molecule has 3 aromatic rings. The van der Waals surface area contributed by atoms with Gasteiger partial charge in [-0.05, 0) is 49.2 Å². The Morgan fingerprint density at radius 3 is 2.26 bits per heavy atom. The van der Waals surface area contributed by atoms with E-state index >= 15 is 0 Å². The molecule has 9 nitrogen and oxygen atoms in total. The van der Waals surface area contributed by atoms with Crippen LogP contribution in [0.1, 0.15) is 25.3 Å². The summed E-state index contributed by atoms with van der Waals surface area (Å²) in [5.74, 6) is -0.249. The molecule has 2 saturated heterocycles. The van der Waals surface area contributed by atoms with Crippen LogP contribution in [0.5, 0.6) is 5.75 Å². The second-order valence-corrected chi connectivity index (χ2v) is 11.9. The number of piperazine rings is 1. The molecule has 0 spiro atoms. The van der Waals surface area contributed by atoms with E-state index in [1.165, 1.54) is 33.3 Å². The molecule has 0 atom stereocenters. The smallest absolute Gasteiger partial charge is 0.316 e. The van der Waals surface area contributed by atoms with Crippen LogP contribution in [-0.4, -0.2) is 79.3 Å². The first-order chi connectivity index (χ1) is 18.8. The highest BCUT2D eigenvalue weighted by molar-refractivity contribution is 7.88. The third-order valence-electron chi connectivity index (χ3n) is 7.42. The molecule has 2 aromatic carbocycles. The van der Waals surface area contributed by atoms with Crippen LogP contribution in [0.2, 0.25) is 0 Å². The van der Waals surface area contributed by atoms with E-state index in [-0.39, 0.29) is 17.6 Å². The Morgan fingerprint density at radius 2 is 1.62 bits per heavy atom. The molecule has 39 heavy (non-hydrogen) atoms. The van der Waals surface area contributed by atoms with Gasteiger partial charge in [0.05, 0.1) is 17.6 Å². The maximum atomic E-state index is 13.7. The lowest BCUT2D eigenvalue weighted by molar-refractivity contribution is 0.102. The predicted molar refractivity (Wildman–Crippen MR) is 148 cm³/mol. The fourth-order valence-corrected chi connectivity index (χ4v) is 6.64. The number of piperidine rings is 1. The van der Waals surface area contributed by atoms with E-state index in [4.69, 9.17) is 4.74 Å². The molecular formula is C28H34FN5O4S. The highest BCUT2D eigenvalue weighted by atomic mass is 32.2. The molecule has 0 saturated carbocycles. The summed E-state index contributed by atoms with van der Waals surface area (Å²) >= 11 is 0. The molecule has 2 aliphatic heterocycles. The van der Waals surface area contributed by atoms with Crippen LogP contribution in [-0.2, 0) is 15.8 Å². The number of sulfonamides is 1. The Kier molecular flexibility index (Phi) is 8.29. The van der Waals surface area contributed by atoms with Crippen molar-refractivity contribution in [2.24, 2.45) is 0 Å². The van der Waals surface area contributed by atoms with Crippen molar-refractivity contribution >= 4 is 15.7 Å². The largest absolute Gasteiger partial charge is 0.483 e. The van der Waals surface area contributed by atoms with Crippen molar-refractivity contribution in [2.45, 2.75) is 31.6 Å². The molecule has 1 aromatic heterocycles. The maximum Gasteiger partial charge on any atom is 0.316 e. The number of likely N-dealkylation sites (tertiary alicyclic amines) is 1. The van der Waals surface area contributed by atoms with Crippen molar-refractivity contribution < 1.29 is 17.5 Å². The highest BCUT2D eigenvalue weighted by Crippen LogP contribution is 2.29. The van der Waals surface area contributed by atoms with Gasteiger partial charge in [-0.15, -0.1) is 0 Å². The maximum absolute atomic E-state index is 13.7. The van der Waals surface area contributed by atoms with Gasteiger partial charge in [-0.1, -0.05) is 37.3 Å². The molecule has 0 N–H and O–H groups in total. The Morgan fingerprint density at radius 1 is 0.949 bits per heavy atom. The monoisotopic (exact) mass is 555 g/mol. The summed E-state index contributed by atoms with van der Waals surface area (Å²) in [5, 5.41) is 4.38. The van der Waals surface area contributed by atoms with E-state index in [0.29, 0.717) is 37.6 Å². The first-order valence-corrected chi connectivity index (χ1v) is 15.0. The van der Waals surface area contributed by atoms with Crippen molar-refractivity contribution in [1.82, 2.24) is 19.0 Å². The molecule has 2 fully saturated rings. The molecule has 208 valence electrons. The van der Waals surface area contributed by atoms with Crippen molar-refractivity contribution in [1.29, 1.82) is 0 Å². The fourth-order valence-electron chi connectivity index (χ4n) is 5.12. The van der Waals surface area contributed by atoms with E-state index in [0.717, 1.165) is 38.0 Å². The predicted octanol–water partition coefficient (Wildman–Crippen LogP) is 2.89. The van der Waals surface area contributed by atoms with E-state index in [1.54, 1.807) is 6.20 Å². The molecule has 5 rings (SSSR count). The zero-order chi connectivity index (χ0) is 27.4. The van der Waals surface area contributed by atoms with Crippen molar-refractivity contribution in [3.63, 3.8) is 0 Å². The summed E-state index contributed by atoms with van der Waals surface area (Å²) in [6.07, 6.45) is 3.08. The van der Waals surface area contributed by atoms with Crippen LogP contribution in [0.3, 0.4) is 0 Å². The second-order valence-electron chi connectivity index (χ2n) is 9.93. The normalized spacial score (nSPS) is 17.8. The first-order valence-electron chi connectivity index (χ1n) is 13.4. The van der Waals surface area contributed by atoms with Crippen molar-refractivity contribution in [2.75, 3.05) is 50.7 Å². The third kappa shape index (κ3) is 6.32. The summed E-state index contributed by atoms with van der Waals surface area (Å²) in [6.45, 7) is 6.29. The van der Waals surface area contributed by atoms with Crippen molar-refractivity contribution in [3.05, 3.63) is 82.5 Å². The average molecular weight is 556 g/mol. The molecule has 0 unspecified atom stereocenters. The van der Waals surface area contributed by atoms with Crippen LogP contribution in [0.25, 0.3) is 5.69 Å². The van der Waals surface area contributed by atoms with Crippen LogP contribution in [0.4, 0.5) is 10.1 Å². The quantitative estimate of drug-likeness (QED) is 0.422. The second kappa shape index (κ2) is 11.8. The minimum Gasteiger partial charge on any atom is -0.483 e. The Balaban J connectivity index is 1.37. The SMILES string of the molecule is CCN1CCC(Oc2c(N3CCN(S(=O)(=O)Cc4ccccc4)CC3)cnn(-c3ccc(F)cc3)c2=O)CC1. The van der Waals surface area contributed by atoms with Crippen LogP contribution in [0, 0.1) is 5.82 Å². The van der Waals surface area contributed by atoms with Crippen LogP contribution >= 0.6 is 0 Å². The van der Waals surface area contributed by atoms with Gasteiger partial charge in [-0.2, -0.15) is 14.1 Å².